The van der Waals surface area contributed by atoms with E-state index >= 15 is 0 Å². The van der Waals surface area contributed by atoms with E-state index in [2.05, 4.69) is 0 Å². The van der Waals surface area contributed by atoms with Crippen LogP contribution in [0.15, 0.2) is 0 Å². The monoisotopic (exact) mass is 160 g/mol. The van der Waals surface area contributed by atoms with Crippen LogP contribution in [0.5, 0.6) is 0 Å². The third-order valence-corrected chi connectivity index (χ3v) is 2.00. The van der Waals surface area contributed by atoms with Crippen LogP contribution in [0.1, 0.15) is 58.3 Å². The Hall–Kier alpha value is -0.0700. The molecule has 11 heavy (non-hydrogen) atoms. The van der Waals surface area contributed by atoms with Gasteiger partial charge < -0.3 is 0 Å². The summed E-state index contributed by atoms with van der Waals surface area (Å²) in [5.41, 5.74) is 0. The molecule has 2 aliphatic rings. The number of rotatable bonds is 0. The van der Waals surface area contributed by atoms with Crippen LogP contribution in [0.2, 0.25) is 0 Å². The maximum absolute atomic E-state index is 10.3. The average molecular weight is 160 g/mol. The first-order chi connectivity index (χ1) is 5.41. The second-order valence-electron chi connectivity index (χ2n) is 3.10. The molecular weight excluding hydrogens is 139 g/mol. The van der Waals surface area contributed by atoms with Gasteiger partial charge in [-0.25, -0.2) is 0 Å². The SMILES string of the molecule is C1CCC1.C1CCC1.CCF. The Morgan fingerprint density at radius 2 is 0.818 bits per heavy atom. The third-order valence-electron chi connectivity index (χ3n) is 2.00. The quantitative estimate of drug-likeness (QED) is 0.500. The van der Waals surface area contributed by atoms with Gasteiger partial charge >= 0.3 is 0 Å². The molecule has 0 unspecified atom stereocenters. The van der Waals surface area contributed by atoms with Gasteiger partial charge in [-0.3, -0.25) is 4.39 Å². The number of hydrogen-bond donors (Lipinski definition) is 0. The Labute approximate surface area is 70.2 Å². The highest BCUT2D eigenvalue weighted by Gasteiger charge is 1.95. The molecule has 0 nitrogen and oxygen atoms in total. The highest BCUT2D eigenvalue weighted by Crippen LogP contribution is 2.15. The normalized spacial score (nSPS) is 19.1. The summed E-state index contributed by atoms with van der Waals surface area (Å²) in [5.74, 6) is 0. The van der Waals surface area contributed by atoms with Crippen LogP contribution in [0, 0.1) is 0 Å². The van der Waals surface area contributed by atoms with Crippen molar-refractivity contribution in [3.63, 3.8) is 0 Å². The molecule has 0 N–H and O–H groups in total. The Kier molecular flexibility index (Phi) is 9.87. The topological polar surface area (TPSA) is 0 Å². The van der Waals surface area contributed by atoms with Crippen molar-refractivity contribution in [2.24, 2.45) is 0 Å². The molecule has 0 amide bonds. The molecule has 0 aromatic carbocycles. The van der Waals surface area contributed by atoms with E-state index in [-0.39, 0.29) is 6.67 Å². The van der Waals surface area contributed by atoms with Gasteiger partial charge in [-0.15, -0.1) is 0 Å². The van der Waals surface area contributed by atoms with E-state index in [1.807, 2.05) is 0 Å². The maximum Gasteiger partial charge on any atom is 0.0866 e. The average Bonchev–Trinajstić information content (AvgIpc) is 1.52. The molecule has 2 fully saturated rings. The molecule has 2 rings (SSSR count). The zero-order valence-corrected chi connectivity index (χ0v) is 7.74. The lowest BCUT2D eigenvalue weighted by Gasteiger charge is -2.05. The first-order valence-corrected chi connectivity index (χ1v) is 4.97. The van der Waals surface area contributed by atoms with Gasteiger partial charge in [0.05, 0.1) is 6.67 Å². The van der Waals surface area contributed by atoms with E-state index in [0.29, 0.717) is 0 Å². The molecule has 2 aliphatic carbocycles. The van der Waals surface area contributed by atoms with Gasteiger partial charge in [0.2, 0.25) is 0 Å². The molecular formula is C10H21F. The molecule has 2 saturated carbocycles. The Morgan fingerprint density at radius 3 is 0.818 bits per heavy atom. The van der Waals surface area contributed by atoms with E-state index in [9.17, 15) is 4.39 Å². The Balaban J connectivity index is 0.000000139. The predicted molar refractivity (Wildman–Crippen MR) is 48.6 cm³/mol. The van der Waals surface area contributed by atoms with Crippen LogP contribution >= 0.6 is 0 Å². The van der Waals surface area contributed by atoms with Gasteiger partial charge in [0, 0.05) is 0 Å². The first-order valence-electron chi connectivity index (χ1n) is 4.97. The summed E-state index contributed by atoms with van der Waals surface area (Å²) >= 11 is 0. The van der Waals surface area contributed by atoms with Crippen molar-refractivity contribution < 1.29 is 4.39 Å². The molecule has 1 heteroatoms. The second kappa shape index (κ2) is 9.93. The highest BCUT2D eigenvalue weighted by atomic mass is 19.1. The molecule has 0 radical (unpaired) electrons. The molecule has 0 aliphatic heterocycles. The molecule has 68 valence electrons. The van der Waals surface area contributed by atoms with Gasteiger partial charge in [-0.2, -0.15) is 0 Å². The second-order valence-corrected chi connectivity index (χ2v) is 3.10. The zero-order chi connectivity index (χ0) is 8.36. The lowest BCUT2D eigenvalue weighted by Crippen LogP contribution is -1.85. The smallest absolute Gasteiger partial charge is 0.0866 e. The number of alkyl halides is 1. The van der Waals surface area contributed by atoms with E-state index in [4.69, 9.17) is 0 Å². The van der Waals surface area contributed by atoms with Crippen LogP contribution in [0.3, 0.4) is 0 Å². The zero-order valence-electron chi connectivity index (χ0n) is 7.74. The van der Waals surface area contributed by atoms with Crippen molar-refractivity contribution in [1.29, 1.82) is 0 Å². The van der Waals surface area contributed by atoms with Crippen molar-refractivity contribution in [2.75, 3.05) is 6.67 Å². The third kappa shape index (κ3) is 9.93. The summed E-state index contributed by atoms with van der Waals surface area (Å²) in [6.07, 6.45) is 12.0. The summed E-state index contributed by atoms with van der Waals surface area (Å²) in [6.45, 7) is 1.21. The molecule has 0 saturated heterocycles. The van der Waals surface area contributed by atoms with E-state index in [0.717, 1.165) is 0 Å². The van der Waals surface area contributed by atoms with Gasteiger partial charge in [-0.1, -0.05) is 51.4 Å². The van der Waals surface area contributed by atoms with Gasteiger partial charge in [0.1, 0.15) is 0 Å². The fourth-order valence-electron chi connectivity index (χ4n) is 0.500. The highest BCUT2D eigenvalue weighted by molar-refractivity contribution is 4.51. The molecule has 0 heterocycles. The maximum atomic E-state index is 10.3. The van der Waals surface area contributed by atoms with Crippen molar-refractivity contribution >= 4 is 0 Å². The number of hydrogen-bond acceptors (Lipinski definition) is 0. The Morgan fingerprint density at radius 1 is 0.727 bits per heavy atom. The van der Waals surface area contributed by atoms with E-state index in [1.54, 1.807) is 0 Å². The molecule has 0 spiro atoms. The Bertz CT molecular complexity index is 37.9. The minimum Gasteiger partial charge on any atom is -0.251 e. The van der Waals surface area contributed by atoms with Gasteiger partial charge in [0.25, 0.3) is 0 Å². The fraction of sp³-hybridized carbons (Fsp3) is 1.00. The first kappa shape index (κ1) is 10.9. The molecule has 0 bridgehead atoms. The summed E-state index contributed by atoms with van der Waals surface area (Å²) in [6, 6.07) is 0. The molecule has 0 aromatic heterocycles. The van der Waals surface area contributed by atoms with Gasteiger partial charge in [0.15, 0.2) is 0 Å². The van der Waals surface area contributed by atoms with Crippen LogP contribution < -0.4 is 0 Å². The minimum atomic E-state index is -0.250. The largest absolute Gasteiger partial charge is 0.251 e. The van der Waals surface area contributed by atoms with Crippen molar-refractivity contribution in [2.45, 2.75) is 58.3 Å². The van der Waals surface area contributed by atoms with Crippen molar-refractivity contribution in [1.82, 2.24) is 0 Å². The van der Waals surface area contributed by atoms with E-state index in [1.165, 1.54) is 58.3 Å². The van der Waals surface area contributed by atoms with Gasteiger partial charge in [-0.05, 0) is 6.92 Å². The predicted octanol–water partition coefficient (Wildman–Crippen LogP) is 4.10. The summed E-state index contributed by atoms with van der Waals surface area (Å²) < 4.78 is 10.3. The fourth-order valence-corrected chi connectivity index (χ4v) is 0.500. The summed E-state index contributed by atoms with van der Waals surface area (Å²) in [5, 5.41) is 0. The van der Waals surface area contributed by atoms with E-state index < -0.39 is 0 Å². The standard InChI is InChI=1S/2C4H8.C2H5F/c2*1-2-4-3-1;1-2-3/h2*1-4H2;2H2,1H3. The van der Waals surface area contributed by atoms with Crippen LogP contribution in [0.4, 0.5) is 4.39 Å². The van der Waals surface area contributed by atoms with Crippen LogP contribution in [-0.2, 0) is 0 Å². The summed E-state index contributed by atoms with van der Waals surface area (Å²) in [4.78, 5) is 0. The number of halogens is 1. The van der Waals surface area contributed by atoms with Crippen molar-refractivity contribution in [3.05, 3.63) is 0 Å². The molecule has 0 atom stereocenters. The van der Waals surface area contributed by atoms with Crippen LogP contribution in [0.25, 0.3) is 0 Å². The van der Waals surface area contributed by atoms with Crippen molar-refractivity contribution in [3.8, 4) is 0 Å². The lowest BCUT2D eigenvalue weighted by molar-refractivity contribution is 0.504. The molecule has 0 aromatic rings. The lowest BCUT2D eigenvalue weighted by atomic mass is 10.0. The minimum absolute atomic E-state index is 0.250. The summed E-state index contributed by atoms with van der Waals surface area (Å²) in [7, 11) is 0. The van der Waals surface area contributed by atoms with Crippen LogP contribution in [-0.4, -0.2) is 6.67 Å².